The van der Waals surface area contributed by atoms with E-state index < -0.39 is 191 Å². The fraction of sp³-hybridized carbons (Fsp3) is 0.691. The number of carboxylic acids is 1. The number of aliphatic carboxylic acids is 1. The first-order valence-electron chi connectivity index (χ1n) is 52.3. The first-order chi connectivity index (χ1) is 68.4. The van der Waals surface area contributed by atoms with Crippen LogP contribution in [0.15, 0.2) is 54.6 Å². The fourth-order valence-electron chi connectivity index (χ4n) is 22.5. The van der Waals surface area contributed by atoms with E-state index in [9.17, 15) is 70.3 Å². The van der Waals surface area contributed by atoms with Gasteiger partial charge in [-0.2, -0.15) is 0 Å². The summed E-state index contributed by atoms with van der Waals surface area (Å²) >= 11 is 0. The number of fused-ring (bicyclic) bond motifs is 15. The lowest BCUT2D eigenvalue weighted by Crippen LogP contribution is -2.50. The molecular formula is C110H150F2N10O23S. The van der Waals surface area contributed by atoms with Crippen molar-refractivity contribution in [2.75, 3.05) is 41.0 Å². The number of Topliss-reactive ketones (excluding diaryl/α,β-unsaturated/α-hetero) is 1. The van der Waals surface area contributed by atoms with Gasteiger partial charge in [-0.05, 0) is 197 Å². The first kappa shape index (κ1) is 109. The Kier molecular flexibility index (Phi) is 31.4. The number of nitrogens with one attached hydrogen (secondary N) is 1. The number of aromatic nitrogens is 6. The van der Waals surface area contributed by atoms with Crippen LogP contribution in [0.5, 0.6) is 34.9 Å². The van der Waals surface area contributed by atoms with E-state index in [0.29, 0.717) is 101 Å². The summed E-state index contributed by atoms with van der Waals surface area (Å²) in [6.45, 7) is 35.3. The SMILES string of the molecule is COc1ccc2nc3c(nc2c1)O[C@H]1CN(C(=O)[C@H](C(C)(C)C)CC(=O)O[C@]2(C)C[C@H]2CCCCC3)[C@H](C(=O)C[C@]2(C(=O)NS(=O)(=O)C3(C)CC3)C[C@H]2C(F)F)[C@@H]1C.COc1ccc2nc3c(nc2c1)O[C@H]1CN(C(=O)[C@H](C(C)(C)C)CC(=O)O[C@]2(C)C[C@H]2CCCCC3)[C@H](C(=O)O)[C@@H]1C.COc1ccc2nc3c(nc2c1)O[C@H]1CN(C(=O)[C@H](C(C)(C)C)CC(=O)O[C@]2(C)C[C@H]2CCCCC3)[C@H](C(=O)OC(C)(C)C)[C@@H]1C. The molecule has 2 N–H and O–H groups in total. The minimum absolute atomic E-state index is 0.0651. The van der Waals surface area contributed by atoms with Gasteiger partial charge in [0, 0.05) is 66.0 Å². The van der Waals surface area contributed by atoms with Gasteiger partial charge in [-0.1, -0.05) is 122 Å². The number of ether oxygens (including phenoxy) is 10. The van der Waals surface area contributed by atoms with Crippen molar-refractivity contribution in [1.82, 2.24) is 49.3 Å². The molecule has 20 atom stereocenters. The highest BCUT2D eigenvalue weighted by Crippen LogP contribution is 2.61. The Morgan fingerprint density at radius 2 is 0.795 bits per heavy atom. The normalized spacial score (nSPS) is 31.1. The Morgan fingerprint density at radius 3 is 1.10 bits per heavy atom. The van der Waals surface area contributed by atoms with E-state index >= 15 is 0 Å². The van der Waals surface area contributed by atoms with Crippen molar-refractivity contribution in [1.29, 1.82) is 0 Å². The van der Waals surface area contributed by atoms with Crippen LogP contribution in [-0.4, -0.2) is 228 Å². The maximum absolute atomic E-state index is 14.9. The molecule has 3 aromatic heterocycles. The van der Waals surface area contributed by atoms with E-state index in [4.69, 9.17) is 77.3 Å². The van der Waals surface area contributed by atoms with Gasteiger partial charge in [-0.15, -0.1) is 0 Å². The summed E-state index contributed by atoms with van der Waals surface area (Å²) in [6.07, 6.45) is 9.53. The molecule has 8 fully saturated rings. The number of methoxy groups -OCH3 is 3. The number of hydrogen-bond donors (Lipinski definition) is 2. The smallest absolute Gasteiger partial charge is 0.329 e. The van der Waals surface area contributed by atoms with Crippen molar-refractivity contribution < 1.29 is 118 Å². The molecule has 6 aliphatic heterocycles. The second-order valence-electron chi connectivity index (χ2n) is 48.3. The molecule has 6 aromatic rings. The third-order valence-electron chi connectivity index (χ3n) is 32.8. The van der Waals surface area contributed by atoms with E-state index in [1.807, 2.05) is 152 Å². The maximum Gasteiger partial charge on any atom is 0.329 e. The second kappa shape index (κ2) is 42.0. The molecule has 9 heterocycles. The number of amides is 4. The van der Waals surface area contributed by atoms with Crippen LogP contribution in [0.3, 0.4) is 0 Å². The lowest BCUT2D eigenvalue weighted by Gasteiger charge is -2.35. The van der Waals surface area contributed by atoms with Crippen molar-refractivity contribution in [2.45, 2.75) is 362 Å². The number of carbonyl (C=O) groups excluding carboxylic acids is 9. The number of sulfonamides is 1. The van der Waals surface area contributed by atoms with Crippen molar-refractivity contribution in [2.24, 2.45) is 80.8 Å². The summed E-state index contributed by atoms with van der Waals surface area (Å²) in [6, 6.07) is 13.2. The molecule has 0 radical (unpaired) electrons. The van der Waals surface area contributed by atoms with Crippen LogP contribution in [0.1, 0.15) is 290 Å². The van der Waals surface area contributed by atoms with Crippen LogP contribution in [0.4, 0.5) is 8.78 Å². The molecule has 0 unspecified atom stereocenters. The van der Waals surface area contributed by atoms with Gasteiger partial charge in [0.25, 0.3) is 0 Å². The highest BCUT2D eigenvalue weighted by atomic mass is 32.2. The van der Waals surface area contributed by atoms with Crippen molar-refractivity contribution >= 4 is 102 Å². The summed E-state index contributed by atoms with van der Waals surface area (Å²) in [4.78, 5) is 172. The average molecular weight is 2050 g/mol. The van der Waals surface area contributed by atoms with E-state index in [1.165, 1.54) is 16.7 Å². The zero-order valence-corrected chi connectivity index (χ0v) is 89.7. The van der Waals surface area contributed by atoms with Gasteiger partial charge in [-0.25, -0.2) is 56.7 Å². The third-order valence-corrected chi connectivity index (χ3v) is 35.0. The van der Waals surface area contributed by atoms with E-state index in [1.54, 1.807) is 58.3 Å². The number of halogens is 2. The summed E-state index contributed by atoms with van der Waals surface area (Å²) in [5.41, 5.74) is -0.354. The molecular weight excluding hydrogens is 1900 g/mol. The van der Waals surface area contributed by atoms with Gasteiger partial charge in [0.2, 0.25) is 57.7 Å². The Labute approximate surface area is 855 Å². The predicted octanol–water partition coefficient (Wildman–Crippen LogP) is 16.8. The van der Waals surface area contributed by atoms with Crippen LogP contribution >= 0.6 is 0 Å². The van der Waals surface area contributed by atoms with Crippen LogP contribution in [0.25, 0.3) is 33.1 Å². The van der Waals surface area contributed by atoms with Crippen molar-refractivity contribution in [3.05, 3.63) is 71.7 Å². The Morgan fingerprint density at radius 1 is 0.466 bits per heavy atom. The third kappa shape index (κ3) is 24.2. The largest absolute Gasteiger partial charge is 0.497 e. The van der Waals surface area contributed by atoms with Crippen LogP contribution < -0.4 is 33.1 Å². The highest BCUT2D eigenvalue weighted by molar-refractivity contribution is 7.91. The average Bonchev–Trinajstić information content (AvgIpc) is 1.55. The zero-order valence-electron chi connectivity index (χ0n) is 88.9. The molecule has 4 amide bonds. The summed E-state index contributed by atoms with van der Waals surface area (Å²) < 4.78 is 116. The highest BCUT2D eigenvalue weighted by Gasteiger charge is 2.68. The molecule has 146 heavy (non-hydrogen) atoms. The lowest BCUT2D eigenvalue weighted by atomic mass is 9.77. The zero-order chi connectivity index (χ0) is 106. The molecule has 798 valence electrons. The van der Waals surface area contributed by atoms with E-state index in [0.717, 1.165) is 119 Å². The number of benzene rings is 3. The second-order valence-corrected chi connectivity index (χ2v) is 50.5. The molecule has 11 aliphatic rings. The Bertz CT molecular complexity index is 6100. The van der Waals surface area contributed by atoms with E-state index in [2.05, 4.69) is 0 Å². The number of carbonyl (C=O) groups is 10. The summed E-state index contributed by atoms with van der Waals surface area (Å²) in [5.74, 6) is -7.86. The molecule has 0 spiro atoms. The number of nitrogens with zero attached hydrogens (tertiary/aromatic N) is 9. The molecule has 5 aliphatic carbocycles. The number of esters is 4. The van der Waals surface area contributed by atoms with Gasteiger partial charge in [0.05, 0.1) is 127 Å². The summed E-state index contributed by atoms with van der Waals surface area (Å²) in [5, 5.41) is 10.2. The van der Waals surface area contributed by atoms with Gasteiger partial charge >= 0.3 is 29.8 Å². The van der Waals surface area contributed by atoms with E-state index in [-0.39, 0.29) is 74.9 Å². The number of rotatable bonds is 12. The molecule has 3 saturated heterocycles. The van der Waals surface area contributed by atoms with Crippen LogP contribution in [0, 0.1) is 80.8 Å². The molecule has 17 rings (SSSR count). The number of ketones is 1. The number of hydrogen-bond acceptors (Lipinski definition) is 28. The Hall–Kier alpha value is -10.8. The van der Waals surface area contributed by atoms with Crippen molar-refractivity contribution in [3.8, 4) is 34.9 Å². The quantitative estimate of drug-likeness (QED) is 0.0848. The molecule has 6 bridgehead atoms. The first-order valence-corrected chi connectivity index (χ1v) is 53.8. The fourth-order valence-corrected chi connectivity index (χ4v) is 23.8. The maximum atomic E-state index is 14.9. The van der Waals surface area contributed by atoms with Gasteiger partial charge in [-0.3, -0.25) is 43.1 Å². The van der Waals surface area contributed by atoms with Gasteiger partial charge < -0.3 is 67.2 Å². The topological polar surface area (TPSA) is 416 Å². The van der Waals surface area contributed by atoms with Crippen LogP contribution in [0.2, 0.25) is 0 Å². The number of alkyl halides is 2. The molecule has 33 nitrogen and oxygen atoms in total. The summed E-state index contributed by atoms with van der Waals surface area (Å²) in [7, 11) is 0.547. The number of carboxylic acid groups (broad SMARTS) is 1. The Balaban J connectivity index is 0.000000167. The standard InChI is InChI=1S/C42H56F2N4O9S.C36H51N3O7.C32H43N3O7/c1-23-32-22-48(34(23)31(49)21-42(20-27(42)35(43)44)38(52)47-58(53,54)40(5)15-16-40)37(51)26(39(2,3)4)18-33(50)57-41(6)19-24(41)11-9-8-10-12-29-36(56-32)46-30-17-25(55-7)13-14-28(30)45-29;1-21-28-20-39(30(21)33(42)46-35(5,6)7)32(41)24(34(2,3)4)18-29(40)45-36(8)19-22(36)13-11-10-12-14-26-31(44-28)38-27-17-23(43-9)15-16-25(27)37-26;1-18-25-17-35(27(18)30(38)39)29(37)21(31(2,3)4)15-26(36)42-32(5)16-19(32)10-8-7-9-11-23-28(41-25)34-24-14-20(40-6)12-13-22(24)33-23/h13-14,17,23-24,26-27,32,34-35H,8-12,15-16,18-22H2,1-7H3,(H,47,52);15-17,21-22,24,28,30H,10-14,18-20H2,1-9H3;12-14,18-19,21,25,27H,7-11,15-17H2,1-6H3,(H,38,39)/t23-,24-,26-,27+,32+,34+,41-,42-;21-,22-,24-,28+,30+,36-;18-,19-,21-,25+,27+,32-/m111/s1. The van der Waals surface area contributed by atoms with Gasteiger partial charge in [0.1, 0.15) is 87.1 Å². The minimum Gasteiger partial charge on any atom is -0.497 e. The lowest BCUT2D eigenvalue weighted by molar-refractivity contribution is -0.167. The van der Waals surface area contributed by atoms with Crippen LogP contribution in [-0.2, 0) is 96.2 Å². The molecule has 36 heteroatoms. The monoisotopic (exact) mass is 2050 g/mol. The minimum atomic E-state index is -4.19. The number of aryl methyl sites for hydroxylation is 3. The molecule has 5 saturated carbocycles. The molecule has 3 aromatic carbocycles. The van der Waals surface area contributed by atoms with Crippen molar-refractivity contribution in [3.63, 3.8) is 0 Å². The van der Waals surface area contributed by atoms with Gasteiger partial charge in [0.15, 0.2) is 5.78 Å². The predicted molar refractivity (Wildman–Crippen MR) is 537 cm³/mol.